The molecule has 1 atom stereocenters. The summed E-state index contributed by atoms with van der Waals surface area (Å²) in [5, 5.41) is 12.8. The van der Waals surface area contributed by atoms with Gasteiger partial charge >= 0.3 is 12.1 Å². The molecule has 8 nitrogen and oxygen atoms in total. The number of carbonyl (C=O) groups is 4. The Balaban J connectivity index is 0.000000298. The van der Waals surface area contributed by atoms with Crippen LogP contribution in [0.1, 0.15) is 39.9 Å². The van der Waals surface area contributed by atoms with Crippen LogP contribution in [0.3, 0.4) is 0 Å². The molecule has 11 heteroatoms. The van der Waals surface area contributed by atoms with Crippen LogP contribution in [0, 0.1) is 0 Å². The first kappa shape index (κ1) is 20.8. The Morgan fingerprint density at radius 3 is 2.41 bits per heavy atom. The summed E-state index contributed by atoms with van der Waals surface area (Å²) in [6.45, 7) is 2.20. The number of halogens is 3. The van der Waals surface area contributed by atoms with Crippen molar-refractivity contribution in [1.82, 2.24) is 15.5 Å². The molecular formula is C18H18F3N3O5. The number of hydrogen-bond acceptors (Lipinski definition) is 5. The second-order valence-corrected chi connectivity index (χ2v) is 6.91. The maximum absolute atomic E-state index is 12.6. The van der Waals surface area contributed by atoms with Crippen molar-refractivity contribution < 1.29 is 37.5 Å². The van der Waals surface area contributed by atoms with Gasteiger partial charge in [-0.2, -0.15) is 13.2 Å². The fraction of sp³-hybridized carbons (Fsp3) is 0.444. The summed E-state index contributed by atoms with van der Waals surface area (Å²) in [5.74, 6) is -3.47. The lowest BCUT2D eigenvalue weighted by molar-refractivity contribution is -0.192. The van der Waals surface area contributed by atoms with Gasteiger partial charge in [-0.1, -0.05) is 6.07 Å². The van der Waals surface area contributed by atoms with Gasteiger partial charge in [-0.15, -0.1) is 0 Å². The van der Waals surface area contributed by atoms with Crippen molar-refractivity contribution in [3.63, 3.8) is 0 Å². The van der Waals surface area contributed by atoms with Gasteiger partial charge in [-0.3, -0.25) is 19.7 Å². The van der Waals surface area contributed by atoms with E-state index in [0.29, 0.717) is 18.5 Å². The number of amides is 3. The van der Waals surface area contributed by atoms with Crippen LogP contribution in [0.4, 0.5) is 13.2 Å². The van der Waals surface area contributed by atoms with Crippen LogP contribution in [0.5, 0.6) is 0 Å². The summed E-state index contributed by atoms with van der Waals surface area (Å²) in [5.41, 5.74) is 4.15. The van der Waals surface area contributed by atoms with Crippen LogP contribution in [0.2, 0.25) is 0 Å². The third-order valence-corrected chi connectivity index (χ3v) is 4.97. The van der Waals surface area contributed by atoms with Crippen molar-refractivity contribution in [2.24, 2.45) is 0 Å². The summed E-state index contributed by atoms with van der Waals surface area (Å²) in [7, 11) is 0. The molecule has 156 valence electrons. The number of piperidine rings is 1. The Morgan fingerprint density at radius 1 is 1.10 bits per heavy atom. The molecule has 1 aromatic rings. The predicted molar refractivity (Wildman–Crippen MR) is 91.6 cm³/mol. The quantitative estimate of drug-likeness (QED) is 0.585. The molecule has 0 bridgehead atoms. The molecule has 29 heavy (non-hydrogen) atoms. The zero-order chi connectivity index (χ0) is 21.3. The number of imide groups is 1. The topological polar surface area (TPSA) is 116 Å². The van der Waals surface area contributed by atoms with Gasteiger partial charge in [-0.25, -0.2) is 4.79 Å². The van der Waals surface area contributed by atoms with Gasteiger partial charge in [0.15, 0.2) is 0 Å². The predicted octanol–water partition coefficient (Wildman–Crippen LogP) is 0.727. The van der Waals surface area contributed by atoms with Crippen LogP contribution >= 0.6 is 0 Å². The molecule has 0 aromatic heterocycles. The van der Waals surface area contributed by atoms with Crippen LogP contribution in [0.25, 0.3) is 0 Å². The molecule has 4 rings (SSSR count). The van der Waals surface area contributed by atoms with Crippen molar-refractivity contribution in [1.29, 1.82) is 0 Å². The second-order valence-electron chi connectivity index (χ2n) is 6.91. The fourth-order valence-corrected chi connectivity index (χ4v) is 3.55. The summed E-state index contributed by atoms with van der Waals surface area (Å²) in [6, 6.07) is 3.54. The molecule has 3 aliphatic rings. The number of rotatable bonds is 1. The van der Waals surface area contributed by atoms with E-state index in [-0.39, 0.29) is 24.1 Å². The standard InChI is InChI=1S/C16H17N3O3.C2HF3O2/c20-14-2-1-13(15(21)18-14)19-8-11-5-9-3-4-17-7-10(9)6-12(11)16(19)22;3-2(4,5)1(6)7/h5-6,13,17H,1-4,7-8H2,(H,18,20,21);(H,6,7). The normalized spacial score (nSPS) is 21.0. The lowest BCUT2D eigenvalue weighted by Crippen LogP contribution is -2.52. The Hall–Kier alpha value is -2.95. The summed E-state index contributed by atoms with van der Waals surface area (Å²) >= 11 is 0. The molecule has 0 saturated carbocycles. The zero-order valence-electron chi connectivity index (χ0n) is 15.1. The number of carbonyl (C=O) groups excluding carboxylic acids is 3. The first-order valence-corrected chi connectivity index (χ1v) is 8.88. The first-order chi connectivity index (χ1) is 13.6. The number of nitrogens with zero attached hydrogens (tertiary/aromatic N) is 1. The minimum atomic E-state index is -5.08. The molecular weight excluding hydrogens is 395 g/mol. The van der Waals surface area contributed by atoms with Crippen molar-refractivity contribution >= 4 is 23.7 Å². The summed E-state index contributed by atoms with van der Waals surface area (Å²) < 4.78 is 31.7. The highest BCUT2D eigenvalue weighted by Crippen LogP contribution is 2.30. The van der Waals surface area contributed by atoms with Gasteiger partial charge in [0.05, 0.1) is 0 Å². The minimum absolute atomic E-state index is 0.0992. The van der Waals surface area contributed by atoms with E-state index < -0.39 is 18.2 Å². The minimum Gasteiger partial charge on any atom is -0.475 e. The Kier molecular flexibility index (Phi) is 5.60. The Labute approximate surface area is 163 Å². The Morgan fingerprint density at radius 2 is 1.79 bits per heavy atom. The van der Waals surface area contributed by atoms with Crippen LogP contribution < -0.4 is 10.6 Å². The molecule has 0 radical (unpaired) electrons. The van der Waals surface area contributed by atoms with Gasteiger partial charge in [0.1, 0.15) is 6.04 Å². The van der Waals surface area contributed by atoms with E-state index in [0.717, 1.165) is 25.1 Å². The van der Waals surface area contributed by atoms with Gasteiger partial charge in [0, 0.05) is 25.1 Å². The van der Waals surface area contributed by atoms with E-state index in [2.05, 4.69) is 16.7 Å². The average Bonchev–Trinajstić information content (AvgIpc) is 2.95. The van der Waals surface area contributed by atoms with Crippen molar-refractivity contribution in [3.8, 4) is 0 Å². The SMILES string of the molecule is O=C(O)C(F)(F)F.O=C1CCC(N2Cc3cc4c(cc3C2=O)CNCC4)C(=O)N1. The van der Waals surface area contributed by atoms with Gasteiger partial charge in [0.2, 0.25) is 11.8 Å². The van der Waals surface area contributed by atoms with Gasteiger partial charge in [0.25, 0.3) is 5.91 Å². The number of hydrogen-bond donors (Lipinski definition) is 3. The van der Waals surface area contributed by atoms with E-state index in [4.69, 9.17) is 9.90 Å². The monoisotopic (exact) mass is 413 g/mol. The van der Waals surface area contributed by atoms with Crippen molar-refractivity contribution in [2.75, 3.05) is 6.54 Å². The number of nitrogens with one attached hydrogen (secondary N) is 2. The molecule has 3 aliphatic heterocycles. The number of benzene rings is 1. The largest absolute Gasteiger partial charge is 0.490 e. The fourth-order valence-electron chi connectivity index (χ4n) is 3.55. The molecule has 0 spiro atoms. The summed E-state index contributed by atoms with van der Waals surface area (Å²) in [6.07, 6.45) is -3.42. The summed E-state index contributed by atoms with van der Waals surface area (Å²) in [4.78, 5) is 46.4. The molecule has 3 N–H and O–H groups in total. The smallest absolute Gasteiger partial charge is 0.475 e. The van der Waals surface area contributed by atoms with E-state index >= 15 is 0 Å². The van der Waals surface area contributed by atoms with E-state index in [1.54, 1.807) is 4.90 Å². The highest BCUT2D eigenvalue weighted by atomic mass is 19.4. The number of aliphatic carboxylic acids is 1. The lowest BCUT2D eigenvalue weighted by atomic mass is 9.95. The third-order valence-electron chi connectivity index (χ3n) is 4.97. The average molecular weight is 413 g/mol. The van der Waals surface area contributed by atoms with Crippen molar-refractivity contribution in [2.45, 2.75) is 44.6 Å². The molecule has 3 heterocycles. The van der Waals surface area contributed by atoms with E-state index in [9.17, 15) is 27.6 Å². The molecule has 3 amide bonds. The number of carboxylic acids is 1. The highest BCUT2D eigenvalue weighted by Gasteiger charge is 2.39. The van der Waals surface area contributed by atoms with Crippen LogP contribution in [-0.2, 0) is 33.9 Å². The maximum atomic E-state index is 12.6. The Bertz CT molecular complexity index is 884. The third kappa shape index (κ3) is 4.39. The molecule has 0 aliphatic carbocycles. The molecule has 1 saturated heterocycles. The number of alkyl halides is 3. The van der Waals surface area contributed by atoms with Gasteiger partial charge < -0.3 is 15.3 Å². The highest BCUT2D eigenvalue weighted by molar-refractivity contribution is 6.05. The number of carboxylic acid groups (broad SMARTS) is 1. The zero-order valence-corrected chi connectivity index (χ0v) is 15.1. The maximum Gasteiger partial charge on any atom is 0.490 e. The molecule has 1 fully saturated rings. The van der Waals surface area contributed by atoms with E-state index in [1.165, 1.54) is 11.1 Å². The first-order valence-electron chi connectivity index (χ1n) is 8.88. The van der Waals surface area contributed by atoms with Crippen LogP contribution in [-0.4, -0.2) is 52.5 Å². The molecule has 1 aromatic carbocycles. The lowest BCUT2D eigenvalue weighted by Gasteiger charge is -2.29. The number of fused-ring (bicyclic) bond motifs is 2. The van der Waals surface area contributed by atoms with Gasteiger partial charge in [-0.05, 0) is 42.1 Å². The van der Waals surface area contributed by atoms with Crippen LogP contribution in [0.15, 0.2) is 12.1 Å². The molecule has 1 unspecified atom stereocenters. The van der Waals surface area contributed by atoms with Crippen molar-refractivity contribution in [3.05, 3.63) is 34.4 Å². The van der Waals surface area contributed by atoms with E-state index in [1.807, 2.05) is 6.07 Å². The second kappa shape index (κ2) is 7.82.